The minimum atomic E-state index is -0.0612. The maximum absolute atomic E-state index is 11.3. The van der Waals surface area contributed by atoms with Crippen LogP contribution in [0.15, 0.2) is 48.6 Å². The lowest BCUT2D eigenvalue weighted by Gasteiger charge is -2.06. The Morgan fingerprint density at radius 1 is 0.870 bits per heavy atom. The number of esters is 1. The first-order valence-electron chi connectivity index (χ1n) is 8.97. The normalized spacial score (nSPS) is 12.5. The van der Waals surface area contributed by atoms with Crippen LogP contribution in [0, 0.1) is 5.92 Å². The van der Waals surface area contributed by atoms with Gasteiger partial charge in [-0.25, -0.2) is 0 Å². The molecule has 0 saturated heterocycles. The molecule has 0 aliphatic rings. The molecule has 0 rings (SSSR count). The van der Waals surface area contributed by atoms with Crippen LogP contribution in [0.4, 0.5) is 0 Å². The molecule has 0 spiro atoms. The topological polar surface area (TPSA) is 26.3 Å². The van der Waals surface area contributed by atoms with E-state index in [1.165, 1.54) is 12.8 Å². The third-order valence-corrected chi connectivity index (χ3v) is 3.17. The monoisotopic (exact) mass is 318 g/mol. The minimum absolute atomic E-state index is 0.0612. The third kappa shape index (κ3) is 18.4. The van der Waals surface area contributed by atoms with Gasteiger partial charge in [0, 0.05) is 6.42 Å². The minimum Gasteiger partial charge on any atom is -0.466 e. The molecule has 0 atom stereocenters. The molecule has 0 aromatic rings. The predicted molar refractivity (Wildman–Crippen MR) is 100 cm³/mol. The number of allylic oxidation sites excluding steroid dienone is 8. The fourth-order valence-corrected chi connectivity index (χ4v) is 1.94. The van der Waals surface area contributed by atoms with E-state index in [-0.39, 0.29) is 5.97 Å². The van der Waals surface area contributed by atoms with Gasteiger partial charge < -0.3 is 4.74 Å². The number of unbranched alkanes of at least 4 members (excludes halogenated alkanes) is 4. The van der Waals surface area contributed by atoms with Crippen LogP contribution in [-0.4, -0.2) is 12.6 Å². The number of ether oxygens (including phenoxy) is 1. The first kappa shape index (κ1) is 21.4. The van der Waals surface area contributed by atoms with E-state index in [0.29, 0.717) is 18.9 Å². The molecule has 0 unspecified atom stereocenters. The van der Waals surface area contributed by atoms with Crippen molar-refractivity contribution >= 4 is 5.97 Å². The number of hydrogen-bond acceptors (Lipinski definition) is 2. The fraction of sp³-hybridized carbons (Fsp3) is 0.571. The molecule has 23 heavy (non-hydrogen) atoms. The summed E-state index contributed by atoms with van der Waals surface area (Å²) in [5, 5.41) is 0. The molecule has 0 bridgehead atoms. The first-order valence-corrected chi connectivity index (χ1v) is 8.97. The van der Waals surface area contributed by atoms with Crippen LogP contribution in [0.1, 0.15) is 65.7 Å². The van der Waals surface area contributed by atoms with E-state index in [2.05, 4.69) is 37.3 Å². The van der Waals surface area contributed by atoms with Gasteiger partial charge >= 0.3 is 5.97 Å². The smallest absolute Gasteiger partial charge is 0.306 e. The average Bonchev–Trinajstić information content (AvgIpc) is 2.50. The first-order chi connectivity index (χ1) is 11.2. The van der Waals surface area contributed by atoms with Crippen molar-refractivity contribution in [3.8, 4) is 0 Å². The third-order valence-electron chi connectivity index (χ3n) is 3.17. The van der Waals surface area contributed by atoms with Crippen molar-refractivity contribution in [2.75, 3.05) is 6.61 Å². The Morgan fingerprint density at radius 3 is 2.13 bits per heavy atom. The molecule has 130 valence electrons. The van der Waals surface area contributed by atoms with Gasteiger partial charge in [-0.15, -0.1) is 0 Å². The van der Waals surface area contributed by atoms with Crippen molar-refractivity contribution in [1.82, 2.24) is 0 Å². The van der Waals surface area contributed by atoms with Gasteiger partial charge in [-0.3, -0.25) is 4.79 Å². The summed E-state index contributed by atoms with van der Waals surface area (Å²) in [6, 6.07) is 0. The molecule has 0 amide bonds. The summed E-state index contributed by atoms with van der Waals surface area (Å²) in [5.41, 5.74) is 0. The molecule has 0 aromatic carbocycles. The SMILES string of the molecule is CCC=CC=CC=CC=CCCCCCCOC(=O)CC(C)C. The van der Waals surface area contributed by atoms with Crippen molar-refractivity contribution in [3.05, 3.63) is 48.6 Å². The molecule has 0 N–H and O–H groups in total. The van der Waals surface area contributed by atoms with E-state index in [0.717, 1.165) is 25.7 Å². The number of hydrogen-bond donors (Lipinski definition) is 0. The summed E-state index contributed by atoms with van der Waals surface area (Å²) in [4.78, 5) is 11.3. The molecule has 0 radical (unpaired) electrons. The van der Waals surface area contributed by atoms with Crippen molar-refractivity contribution in [2.24, 2.45) is 5.92 Å². The lowest BCUT2D eigenvalue weighted by molar-refractivity contribution is -0.144. The highest BCUT2D eigenvalue weighted by Gasteiger charge is 2.04. The zero-order chi connectivity index (χ0) is 17.2. The number of rotatable bonds is 13. The molecule has 0 aromatic heterocycles. The van der Waals surface area contributed by atoms with Gasteiger partial charge in [-0.1, -0.05) is 82.2 Å². The summed E-state index contributed by atoms with van der Waals surface area (Å²) in [5.74, 6) is 0.320. The molecule has 0 aliphatic carbocycles. The predicted octanol–water partition coefficient (Wildman–Crippen LogP) is 6.16. The molecular weight excluding hydrogens is 284 g/mol. The van der Waals surface area contributed by atoms with Crippen molar-refractivity contribution in [3.63, 3.8) is 0 Å². The van der Waals surface area contributed by atoms with E-state index >= 15 is 0 Å². The Labute approximate surface area is 143 Å². The van der Waals surface area contributed by atoms with Crippen LogP contribution in [0.2, 0.25) is 0 Å². The molecule has 0 fully saturated rings. The van der Waals surface area contributed by atoms with E-state index in [1.807, 2.05) is 32.1 Å². The van der Waals surface area contributed by atoms with Crippen LogP contribution < -0.4 is 0 Å². The van der Waals surface area contributed by atoms with Gasteiger partial charge in [0.2, 0.25) is 0 Å². The summed E-state index contributed by atoms with van der Waals surface area (Å²) in [6.45, 7) is 6.76. The summed E-state index contributed by atoms with van der Waals surface area (Å²) >= 11 is 0. The van der Waals surface area contributed by atoms with E-state index in [9.17, 15) is 4.79 Å². The van der Waals surface area contributed by atoms with Crippen molar-refractivity contribution in [1.29, 1.82) is 0 Å². The summed E-state index contributed by atoms with van der Waals surface area (Å²) < 4.78 is 5.19. The fourth-order valence-electron chi connectivity index (χ4n) is 1.94. The molecule has 0 saturated carbocycles. The van der Waals surface area contributed by atoms with Gasteiger partial charge in [-0.05, 0) is 31.6 Å². The molecule has 2 nitrogen and oxygen atoms in total. The standard InChI is InChI=1S/C21H34O2/c1-4-5-6-7-8-9-10-11-12-13-14-15-16-17-18-23-21(22)19-20(2)3/h5-12,20H,4,13-19H2,1-3H3. The molecule has 2 heteroatoms. The van der Waals surface area contributed by atoms with Crippen molar-refractivity contribution in [2.45, 2.75) is 65.7 Å². The summed E-state index contributed by atoms with van der Waals surface area (Å²) in [6.07, 6.45) is 23.9. The lowest BCUT2D eigenvalue weighted by Crippen LogP contribution is -2.08. The maximum atomic E-state index is 11.3. The Balaban J connectivity index is 3.40. The van der Waals surface area contributed by atoms with E-state index < -0.39 is 0 Å². The highest BCUT2D eigenvalue weighted by Crippen LogP contribution is 2.06. The zero-order valence-electron chi connectivity index (χ0n) is 15.2. The second-order valence-corrected chi connectivity index (χ2v) is 6.06. The van der Waals surface area contributed by atoms with Gasteiger partial charge in [-0.2, -0.15) is 0 Å². The van der Waals surface area contributed by atoms with Gasteiger partial charge in [0.15, 0.2) is 0 Å². The molecular formula is C21H34O2. The van der Waals surface area contributed by atoms with Crippen LogP contribution in [-0.2, 0) is 9.53 Å². The van der Waals surface area contributed by atoms with Crippen molar-refractivity contribution < 1.29 is 9.53 Å². The highest BCUT2D eigenvalue weighted by atomic mass is 16.5. The second kappa shape index (κ2) is 16.8. The zero-order valence-corrected chi connectivity index (χ0v) is 15.2. The van der Waals surface area contributed by atoms with Crippen LogP contribution in [0.5, 0.6) is 0 Å². The molecule has 0 aliphatic heterocycles. The Morgan fingerprint density at radius 2 is 1.48 bits per heavy atom. The Kier molecular flexibility index (Phi) is 15.6. The Bertz CT molecular complexity index is 387. The van der Waals surface area contributed by atoms with Crippen LogP contribution >= 0.6 is 0 Å². The largest absolute Gasteiger partial charge is 0.466 e. The quantitative estimate of drug-likeness (QED) is 0.231. The van der Waals surface area contributed by atoms with Crippen LogP contribution in [0.25, 0.3) is 0 Å². The van der Waals surface area contributed by atoms with Gasteiger partial charge in [0.05, 0.1) is 6.61 Å². The van der Waals surface area contributed by atoms with Gasteiger partial charge in [0.1, 0.15) is 0 Å². The number of carbonyl (C=O) groups is 1. The average molecular weight is 319 g/mol. The molecule has 0 heterocycles. The van der Waals surface area contributed by atoms with Gasteiger partial charge in [0.25, 0.3) is 0 Å². The highest BCUT2D eigenvalue weighted by molar-refractivity contribution is 5.69. The number of carbonyl (C=O) groups excluding carboxylic acids is 1. The summed E-state index contributed by atoms with van der Waals surface area (Å²) in [7, 11) is 0. The second-order valence-electron chi connectivity index (χ2n) is 6.06. The van der Waals surface area contributed by atoms with Crippen LogP contribution in [0.3, 0.4) is 0 Å². The maximum Gasteiger partial charge on any atom is 0.306 e. The van der Waals surface area contributed by atoms with E-state index in [1.54, 1.807) is 0 Å². The van der Waals surface area contributed by atoms with E-state index in [4.69, 9.17) is 4.74 Å². The lowest BCUT2D eigenvalue weighted by atomic mass is 10.1. The Hall–Kier alpha value is -1.57.